The fourth-order valence-electron chi connectivity index (χ4n) is 2.23. The van der Waals surface area contributed by atoms with E-state index in [1.165, 1.54) is 0 Å². The van der Waals surface area contributed by atoms with Crippen molar-refractivity contribution in [3.05, 3.63) is 58.1 Å². The molecule has 21 heavy (non-hydrogen) atoms. The predicted octanol–water partition coefficient (Wildman–Crippen LogP) is 4.13. The molecule has 1 aromatic carbocycles. The summed E-state index contributed by atoms with van der Waals surface area (Å²) in [6.45, 7) is 11.8. The topological polar surface area (TPSA) is 44.9 Å². The minimum absolute atomic E-state index is 0.197. The second-order valence-corrected chi connectivity index (χ2v) is 5.50. The average molecular weight is 300 g/mol. The van der Waals surface area contributed by atoms with Gasteiger partial charge in [0.25, 0.3) is 5.70 Å². The number of para-hydroxylation sites is 1. The summed E-state index contributed by atoms with van der Waals surface area (Å²) in [6.07, 6.45) is 2.34. The molecule has 4 nitrogen and oxygen atoms in total. The molecule has 108 valence electrons. The molecule has 5 heteroatoms. The van der Waals surface area contributed by atoms with Gasteiger partial charge in [-0.2, -0.15) is 0 Å². The molecule has 1 N–H and O–H groups in total. The molecule has 0 aliphatic carbocycles. The van der Waals surface area contributed by atoms with Crippen LogP contribution in [-0.2, 0) is 4.79 Å². The lowest BCUT2D eigenvalue weighted by Crippen LogP contribution is -2.16. The number of hydrogen-bond donors (Lipinski definition) is 1. The van der Waals surface area contributed by atoms with Gasteiger partial charge in [-0.3, -0.25) is 4.79 Å². The van der Waals surface area contributed by atoms with E-state index in [0.29, 0.717) is 12.0 Å². The van der Waals surface area contributed by atoms with E-state index in [4.69, 9.17) is 11.7 Å². The number of carboxylic acids is 1. The van der Waals surface area contributed by atoms with Gasteiger partial charge < -0.3 is 10.0 Å². The number of aliphatic carboxylic acids is 1. The van der Waals surface area contributed by atoms with Crippen molar-refractivity contribution in [1.82, 2.24) is 0 Å². The first-order chi connectivity index (χ1) is 10.1. The van der Waals surface area contributed by atoms with Crippen molar-refractivity contribution in [2.75, 3.05) is 11.4 Å². The summed E-state index contributed by atoms with van der Waals surface area (Å²) in [7, 11) is 0. The summed E-state index contributed by atoms with van der Waals surface area (Å²) >= 11 is 1.61. The van der Waals surface area contributed by atoms with Gasteiger partial charge in [-0.1, -0.05) is 30.8 Å². The first-order valence-corrected chi connectivity index (χ1v) is 7.54. The Labute approximate surface area is 128 Å². The van der Waals surface area contributed by atoms with Gasteiger partial charge in [-0.15, -0.1) is 0 Å². The van der Waals surface area contributed by atoms with Crippen LogP contribution in [0.1, 0.15) is 20.3 Å². The Hall–Kier alpha value is -2.19. The minimum atomic E-state index is -1.16. The van der Waals surface area contributed by atoms with E-state index >= 15 is 0 Å². The maximum absolute atomic E-state index is 11.2. The number of fused-ring (bicyclic) bond motifs is 1. The highest BCUT2D eigenvalue weighted by molar-refractivity contribution is 8.03. The second-order valence-electron chi connectivity index (χ2n) is 4.44. The van der Waals surface area contributed by atoms with Crippen LogP contribution in [0.5, 0.6) is 0 Å². The first-order valence-electron chi connectivity index (χ1n) is 6.72. The highest BCUT2D eigenvalue weighted by atomic mass is 32.2. The number of benzene rings is 1. The quantitative estimate of drug-likeness (QED) is 0.671. The van der Waals surface area contributed by atoms with Crippen LogP contribution in [0.15, 0.2) is 51.5 Å². The Morgan fingerprint density at radius 2 is 2.14 bits per heavy atom. The SMILES string of the molecule is [C-]#[N+]C(C(=O)O)=C(C=C1Sc2ccccc2N1CC)CC. The van der Waals surface area contributed by atoms with Crippen LogP contribution >= 0.6 is 11.8 Å². The van der Waals surface area contributed by atoms with E-state index in [2.05, 4.69) is 22.7 Å². The zero-order valence-electron chi connectivity index (χ0n) is 12.0. The van der Waals surface area contributed by atoms with Gasteiger partial charge in [0.2, 0.25) is 0 Å². The molecule has 0 atom stereocenters. The van der Waals surface area contributed by atoms with Gasteiger partial charge >= 0.3 is 5.97 Å². The third-order valence-electron chi connectivity index (χ3n) is 3.25. The lowest BCUT2D eigenvalue weighted by Gasteiger charge is -2.18. The maximum atomic E-state index is 11.2. The number of rotatable bonds is 4. The van der Waals surface area contributed by atoms with E-state index in [-0.39, 0.29) is 5.70 Å². The summed E-state index contributed by atoms with van der Waals surface area (Å²) < 4.78 is 0. The molecule has 0 unspecified atom stereocenters. The van der Waals surface area contributed by atoms with Gasteiger partial charge in [0.1, 0.15) is 0 Å². The number of hydrogen-bond acceptors (Lipinski definition) is 3. The lowest BCUT2D eigenvalue weighted by atomic mass is 10.1. The van der Waals surface area contributed by atoms with E-state index in [1.54, 1.807) is 11.8 Å². The van der Waals surface area contributed by atoms with Crippen LogP contribution in [0.2, 0.25) is 0 Å². The van der Waals surface area contributed by atoms with Crippen molar-refractivity contribution in [2.24, 2.45) is 0 Å². The van der Waals surface area contributed by atoms with Crippen LogP contribution in [0.4, 0.5) is 5.69 Å². The van der Waals surface area contributed by atoms with Gasteiger partial charge in [0.15, 0.2) is 0 Å². The standard InChI is InChI=1S/C16H16N2O2S/c1-4-11(15(17-3)16(19)20)10-14-18(5-2)12-8-6-7-9-13(12)21-14/h6-10H,4-5H2,1-2H3,(H,19,20). The van der Waals surface area contributed by atoms with Crippen molar-refractivity contribution >= 4 is 23.4 Å². The third kappa shape index (κ3) is 2.96. The maximum Gasteiger partial charge on any atom is 0.334 e. The highest BCUT2D eigenvalue weighted by Gasteiger charge is 2.24. The van der Waals surface area contributed by atoms with E-state index in [0.717, 1.165) is 22.2 Å². The third-order valence-corrected chi connectivity index (χ3v) is 4.36. The highest BCUT2D eigenvalue weighted by Crippen LogP contribution is 2.46. The molecule has 0 saturated heterocycles. The van der Waals surface area contributed by atoms with Gasteiger partial charge in [0.05, 0.1) is 17.3 Å². The minimum Gasteiger partial charge on any atom is -0.486 e. The summed E-state index contributed by atoms with van der Waals surface area (Å²) in [5, 5.41) is 10.1. The van der Waals surface area contributed by atoms with Crippen LogP contribution in [-0.4, -0.2) is 17.6 Å². The monoisotopic (exact) mass is 300 g/mol. The normalized spacial score (nSPS) is 16.4. The number of nitrogens with zero attached hydrogens (tertiary/aromatic N) is 2. The molecule has 0 aromatic heterocycles. The summed E-state index contributed by atoms with van der Waals surface area (Å²) in [6, 6.07) is 8.07. The van der Waals surface area contributed by atoms with Gasteiger partial charge in [-0.25, -0.2) is 4.85 Å². The predicted molar refractivity (Wildman–Crippen MR) is 85.0 cm³/mol. The summed E-state index contributed by atoms with van der Waals surface area (Å²) in [4.78, 5) is 17.6. The van der Waals surface area contributed by atoms with Gasteiger partial charge in [-0.05, 0) is 37.1 Å². The van der Waals surface area contributed by atoms with E-state index < -0.39 is 5.97 Å². The zero-order chi connectivity index (χ0) is 15.4. The van der Waals surface area contributed by atoms with Crippen molar-refractivity contribution in [3.8, 4) is 0 Å². The van der Waals surface area contributed by atoms with Crippen molar-refractivity contribution in [2.45, 2.75) is 25.2 Å². The van der Waals surface area contributed by atoms with Crippen LogP contribution in [0.3, 0.4) is 0 Å². The lowest BCUT2D eigenvalue weighted by molar-refractivity contribution is -0.132. The Kier molecular flexibility index (Phi) is 4.71. The van der Waals surface area contributed by atoms with Crippen LogP contribution in [0.25, 0.3) is 4.85 Å². The molecule has 0 spiro atoms. The average Bonchev–Trinajstić information content (AvgIpc) is 2.83. The number of carboxylic acid groups (broad SMARTS) is 1. The number of allylic oxidation sites excluding steroid dienone is 2. The first kappa shape index (κ1) is 15.2. The smallest absolute Gasteiger partial charge is 0.334 e. The number of anilines is 1. The molecule has 0 fully saturated rings. The molecule has 1 aromatic rings. The molecular weight excluding hydrogens is 284 g/mol. The fraction of sp³-hybridized carbons (Fsp3) is 0.250. The summed E-state index contributed by atoms with van der Waals surface area (Å²) in [5.41, 5.74) is 1.50. The van der Waals surface area contributed by atoms with Crippen molar-refractivity contribution in [1.29, 1.82) is 0 Å². The molecule has 1 heterocycles. The van der Waals surface area contributed by atoms with E-state index in [1.807, 2.05) is 31.2 Å². The molecule has 0 radical (unpaired) electrons. The molecule has 1 aliphatic rings. The largest absolute Gasteiger partial charge is 0.486 e. The Bertz CT molecular complexity index is 671. The Morgan fingerprint density at radius 1 is 1.43 bits per heavy atom. The molecular formula is C16H16N2O2S. The molecule has 0 amide bonds. The van der Waals surface area contributed by atoms with Crippen molar-refractivity contribution < 1.29 is 9.90 Å². The Morgan fingerprint density at radius 3 is 2.71 bits per heavy atom. The molecule has 0 saturated carbocycles. The number of thioether (sulfide) groups is 1. The van der Waals surface area contributed by atoms with Crippen LogP contribution in [0, 0.1) is 6.57 Å². The molecule has 0 bridgehead atoms. The zero-order valence-corrected chi connectivity index (χ0v) is 12.8. The molecule has 1 aliphatic heterocycles. The van der Waals surface area contributed by atoms with E-state index in [9.17, 15) is 4.79 Å². The van der Waals surface area contributed by atoms with Crippen LogP contribution < -0.4 is 4.90 Å². The number of carbonyl (C=O) groups is 1. The Balaban J connectivity index is 2.47. The van der Waals surface area contributed by atoms with Gasteiger partial charge in [0, 0.05) is 11.4 Å². The molecule has 2 rings (SSSR count). The fourth-order valence-corrected chi connectivity index (χ4v) is 3.42. The summed E-state index contributed by atoms with van der Waals surface area (Å²) in [5.74, 6) is -1.16. The van der Waals surface area contributed by atoms with Crippen molar-refractivity contribution in [3.63, 3.8) is 0 Å². The second kappa shape index (κ2) is 6.51.